The van der Waals surface area contributed by atoms with Crippen molar-refractivity contribution in [3.8, 4) is 24.7 Å². The van der Waals surface area contributed by atoms with E-state index in [2.05, 4.69) is 16.6 Å². The molecule has 0 aromatic rings. The monoisotopic (exact) mass is 224 g/mol. The zero-order valence-electron chi connectivity index (χ0n) is 9.36. The minimum Gasteiger partial charge on any atom is -0.481 e. The van der Waals surface area contributed by atoms with Gasteiger partial charge in [0.05, 0.1) is 19.4 Å². The van der Waals surface area contributed by atoms with Crippen LogP contribution in [0.15, 0.2) is 0 Å². The van der Waals surface area contributed by atoms with E-state index in [4.69, 9.17) is 18.0 Å². The minimum absolute atomic E-state index is 0.0799. The third-order valence-electron chi connectivity index (χ3n) is 1.26. The van der Waals surface area contributed by atoms with Gasteiger partial charge in [0.25, 0.3) is 0 Å². The summed E-state index contributed by atoms with van der Waals surface area (Å²) in [7, 11) is 0. The van der Waals surface area contributed by atoms with E-state index in [1.807, 2.05) is 0 Å². The van der Waals surface area contributed by atoms with Crippen molar-refractivity contribution in [3.63, 3.8) is 0 Å². The van der Waals surface area contributed by atoms with Crippen molar-refractivity contribution in [2.75, 3.05) is 6.61 Å². The number of carbonyl (C=O) groups excluding carboxylic acids is 1. The molecule has 4 nitrogen and oxygen atoms in total. The van der Waals surface area contributed by atoms with Crippen LogP contribution in [0.1, 0.15) is 32.6 Å². The van der Waals surface area contributed by atoms with Crippen LogP contribution in [0.5, 0.6) is 0 Å². The summed E-state index contributed by atoms with van der Waals surface area (Å²) in [6.07, 6.45) is 10.9. The van der Waals surface area contributed by atoms with Crippen LogP contribution in [0.3, 0.4) is 0 Å². The van der Waals surface area contributed by atoms with Crippen molar-refractivity contribution in [3.05, 3.63) is 0 Å². The first-order valence-electron chi connectivity index (χ1n) is 4.82. The van der Waals surface area contributed by atoms with Gasteiger partial charge in [-0.3, -0.25) is 9.59 Å². The number of terminal acetylenes is 2. The molecule has 0 fully saturated rings. The first-order valence-corrected chi connectivity index (χ1v) is 4.82. The Morgan fingerprint density at radius 2 is 1.69 bits per heavy atom. The van der Waals surface area contributed by atoms with Gasteiger partial charge in [0.15, 0.2) is 0 Å². The summed E-state index contributed by atoms with van der Waals surface area (Å²) < 4.78 is 4.61. The molecule has 1 N–H and O–H groups in total. The molecule has 0 aromatic carbocycles. The Bertz CT molecular complexity index is 280. The molecule has 0 aliphatic rings. The van der Waals surface area contributed by atoms with Gasteiger partial charge in [0, 0.05) is 12.8 Å². The van der Waals surface area contributed by atoms with Crippen LogP contribution in [-0.2, 0) is 14.3 Å². The molecular weight excluding hydrogens is 208 g/mol. The van der Waals surface area contributed by atoms with Gasteiger partial charge in [-0.15, -0.1) is 24.7 Å². The van der Waals surface area contributed by atoms with Gasteiger partial charge in [-0.2, -0.15) is 0 Å². The number of aliphatic carboxylic acids is 1. The third-order valence-corrected chi connectivity index (χ3v) is 1.26. The van der Waals surface area contributed by atoms with E-state index in [0.717, 1.165) is 0 Å². The van der Waals surface area contributed by atoms with Gasteiger partial charge in [-0.1, -0.05) is 0 Å². The van der Waals surface area contributed by atoms with Crippen LogP contribution >= 0.6 is 0 Å². The van der Waals surface area contributed by atoms with Crippen LogP contribution in [0.25, 0.3) is 0 Å². The lowest BCUT2D eigenvalue weighted by molar-refractivity contribution is -0.143. The van der Waals surface area contributed by atoms with Crippen LogP contribution in [-0.4, -0.2) is 23.7 Å². The molecule has 0 heterocycles. The van der Waals surface area contributed by atoms with Crippen LogP contribution in [0.4, 0.5) is 0 Å². The molecule has 88 valence electrons. The third kappa shape index (κ3) is 18.0. The molecule has 4 heteroatoms. The van der Waals surface area contributed by atoms with Crippen LogP contribution < -0.4 is 0 Å². The number of carboxylic acids is 1. The fourth-order valence-electron chi connectivity index (χ4n) is 0.586. The van der Waals surface area contributed by atoms with Gasteiger partial charge in [0.2, 0.25) is 0 Å². The molecule has 0 amide bonds. The maximum Gasteiger partial charge on any atom is 0.306 e. The Morgan fingerprint density at radius 3 is 2.00 bits per heavy atom. The van der Waals surface area contributed by atoms with E-state index in [9.17, 15) is 9.59 Å². The lowest BCUT2D eigenvalue weighted by atomic mass is 10.3. The SMILES string of the molecule is C#CCCC(=O)O.C#CCCC(=O)OCC. The molecule has 0 aromatic heterocycles. The lowest BCUT2D eigenvalue weighted by Crippen LogP contribution is -2.02. The fourth-order valence-corrected chi connectivity index (χ4v) is 0.586. The zero-order chi connectivity index (χ0) is 12.8. The van der Waals surface area contributed by atoms with Crippen molar-refractivity contribution in [2.24, 2.45) is 0 Å². The topological polar surface area (TPSA) is 63.6 Å². The van der Waals surface area contributed by atoms with E-state index >= 15 is 0 Å². The van der Waals surface area contributed by atoms with Gasteiger partial charge >= 0.3 is 11.9 Å². The van der Waals surface area contributed by atoms with Crippen LogP contribution in [0, 0.1) is 24.7 Å². The minimum atomic E-state index is -0.835. The van der Waals surface area contributed by atoms with Crippen molar-refractivity contribution in [2.45, 2.75) is 32.6 Å². The van der Waals surface area contributed by atoms with Gasteiger partial charge in [-0.05, 0) is 6.92 Å². The Kier molecular flexibility index (Phi) is 13.5. The first-order chi connectivity index (χ1) is 7.58. The predicted molar refractivity (Wildman–Crippen MR) is 60.4 cm³/mol. The smallest absolute Gasteiger partial charge is 0.306 e. The summed E-state index contributed by atoms with van der Waals surface area (Å²) in [6, 6.07) is 0. The first kappa shape index (κ1) is 16.5. The van der Waals surface area contributed by atoms with E-state index < -0.39 is 5.97 Å². The molecule has 0 atom stereocenters. The highest BCUT2D eigenvalue weighted by Crippen LogP contribution is 1.89. The summed E-state index contributed by atoms with van der Waals surface area (Å²) in [4.78, 5) is 20.1. The van der Waals surface area contributed by atoms with Crippen LogP contribution in [0.2, 0.25) is 0 Å². The Labute approximate surface area is 96.0 Å². The van der Waals surface area contributed by atoms with Gasteiger partial charge < -0.3 is 9.84 Å². The largest absolute Gasteiger partial charge is 0.481 e. The molecule has 0 radical (unpaired) electrons. The predicted octanol–water partition coefficient (Wildman–Crippen LogP) is 1.45. The van der Waals surface area contributed by atoms with E-state index in [1.165, 1.54) is 0 Å². The number of carboxylic acid groups (broad SMARTS) is 1. The number of rotatable bonds is 5. The van der Waals surface area contributed by atoms with E-state index in [0.29, 0.717) is 25.9 Å². The molecule has 0 spiro atoms. The molecule has 0 saturated heterocycles. The fraction of sp³-hybridized carbons (Fsp3) is 0.500. The Balaban J connectivity index is 0. The highest BCUT2D eigenvalue weighted by Gasteiger charge is 1.96. The average Bonchev–Trinajstić information content (AvgIpc) is 2.25. The Hall–Kier alpha value is -1.94. The average molecular weight is 224 g/mol. The summed E-state index contributed by atoms with van der Waals surface area (Å²) in [6.45, 7) is 2.21. The summed E-state index contributed by atoms with van der Waals surface area (Å²) >= 11 is 0. The summed E-state index contributed by atoms with van der Waals surface area (Å²) in [5.41, 5.74) is 0. The van der Waals surface area contributed by atoms with Crippen molar-refractivity contribution in [1.82, 2.24) is 0 Å². The molecule has 0 unspecified atom stereocenters. The second-order valence-electron chi connectivity index (χ2n) is 2.61. The molecule has 0 rings (SSSR count). The molecule has 0 bridgehead atoms. The molecule has 16 heavy (non-hydrogen) atoms. The summed E-state index contributed by atoms with van der Waals surface area (Å²) in [5, 5.41) is 7.95. The molecular formula is C12H16O4. The highest BCUT2D eigenvalue weighted by atomic mass is 16.5. The van der Waals surface area contributed by atoms with Crippen molar-refractivity contribution < 1.29 is 19.4 Å². The number of hydrogen-bond acceptors (Lipinski definition) is 3. The Morgan fingerprint density at radius 1 is 1.19 bits per heavy atom. The number of ether oxygens (including phenoxy) is 1. The zero-order valence-corrected chi connectivity index (χ0v) is 9.36. The highest BCUT2D eigenvalue weighted by molar-refractivity contribution is 5.69. The van der Waals surface area contributed by atoms with E-state index in [1.54, 1.807) is 6.92 Å². The second kappa shape index (κ2) is 13.1. The maximum atomic E-state index is 10.5. The molecule has 0 aliphatic carbocycles. The van der Waals surface area contributed by atoms with Gasteiger partial charge in [-0.25, -0.2) is 0 Å². The van der Waals surface area contributed by atoms with Crippen molar-refractivity contribution in [1.29, 1.82) is 0 Å². The number of esters is 1. The standard InChI is InChI=1S/C7H10O2.C5H6O2/c1-3-5-6-7(8)9-4-2;1-2-3-4-5(6)7/h1H,4-6H2,2H3;1H,3-4H2,(H,6,7). The summed E-state index contributed by atoms with van der Waals surface area (Å²) in [5.74, 6) is 3.53. The maximum absolute atomic E-state index is 10.5. The van der Waals surface area contributed by atoms with Gasteiger partial charge in [0.1, 0.15) is 0 Å². The molecule has 0 saturated carbocycles. The molecule has 0 aliphatic heterocycles. The second-order valence-corrected chi connectivity index (χ2v) is 2.61. The van der Waals surface area contributed by atoms with Crippen molar-refractivity contribution >= 4 is 11.9 Å². The number of hydrogen-bond donors (Lipinski definition) is 1. The lowest BCUT2D eigenvalue weighted by Gasteiger charge is -1.96. The number of carbonyl (C=O) groups is 2. The van der Waals surface area contributed by atoms with E-state index in [-0.39, 0.29) is 12.4 Å². The quantitative estimate of drug-likeness (QED) is 0.567. The normalized spacial score (nSPS) is 7.69.